The highest BCUT2D eigenvalue weighted by atomic mass is 16.6. The van der Waals surface area contributed by atoms with Crippen LogP contribution in [0, 0.1) is 10.1 Å². The van der Waals surface area contributed by atoms with Crippen LogP contribution in [0.1, 0.15) is 46.5 Å². The van der Waals surface area contributed by atoms with Crippen molar-refractivity contribution in [1.82, 2.24) is 0 Å². The lowest BCUT2D eigenvalue weighted by Gasteiger charge is -2.38. The van der Waals surface area contributed by atoms with Crippen molar-refractivity contribution in [3.63, 3.8) is 0 Å². The van der Waals surface area contributed by atoms with Gasteiger partial charge in [-0.25, -0.2) is 0 Å². The molecule has 5 heteroatoms. The molecular weight excluding hydrogens is 220 g/mol. The standard InChI is InChI=1S/C12H28NO.HNO2/c1-4-8-13(9-5-2,10-6-3)11-7-12-14;2-1-3/h14H,4-12H2,1-3H3;(H,2,3)/q+1;/p-1. The smallest absolute Gasteiger partial charge is 0.0808 e. The van der Waals surface area contributed by atoms with E-state index in [4.69, 9.17) is 15.2 Å². The molecule has 104 valence electrons. The van der Waals surface area contributed by atoms with Crippen LogP contribution in [-0.4, -0.2) is 42.4 Å². The molecule has 5 nitrogen and oxygen atoms in total. The first-order chi connectivity index (χ1) is 8.16. The van der Waals surface area contributed by atoms with Gasteiger partial charge in [0.05, 0.1) is 26.2 Å². The van der Waals surface area contributed by atoms with Crippen LogP contribution in [-0.2, 0) is 0 Å². The predicted octanol–water partition coefficient (Wildman–Crippen LogP) is 2.67. The average Bonchev–Trinajstić information content (AvgIpc) is 2.29. The van der Waals surface area contributed by atoms with Crippen molar-refractivity contribution < 1.29 is 9.59 Å². The van der Waals surface area contributed by atoms with E-state index in [1.807, 2.05) is 0 Å². The van der Waals surface area contributed by atoms with E-state index in [2.05, 4.69) is 20.8 Å². The molecule has 0 atom stereocenters. The van der Waals surface area contributed by atoms with Gasteiger partial charge in [0, 0.05) is 13.0 Å². The van der Waals surface area contributed by atoms with Gasteiger partial charge >= 0.3 is 0 Å². The molecule has 0 aliphatic carbocycles. The maximum Gasteiger partial charge on any atom is 0.0808 e. The maximum absolute atomic E-state index is 8.92. The van der Waals surface area contributed by atoms with Crippen LogP contribution in [0.3, 0.4) is 0 Å². The Kier molecular flexibility index (Phi) is 14.7. The Bertz CT molecular complexity index is 149. The Hall–Kier alpha value is -0.680. The summed E-state index contributed by atoms with van der Waals surface area (Å²) in [5.74, 6) is 0. The van der Waals surface area contributed by atoms with E-state index in [0.717, 1.165) is 18.3 Å². The van der Waals surface area contributed by atoms with E-state index >= 15 is 0 Å². The minimum atomic E-state index is 0.344. The number of hydrogen-bond donors (Lipinski definition) is 1. The number of hydrogen-bond acceptors (Lipinski definition) is 4. The zero-order valence-corrected chi connectivity index (χ0v) is 11.5. The summed E-state index contributed by atoms with van der Waals surface area (Å²) in [5.41, 5.74) is 0. The van der Waals surface area contributed by atoms with Crippen molar-refractivity contribution in [1.29, 1.82) is 0 Å². The van der Waals surface area contributed by atoms with Gasteiger partial charge in [-0.3, -0.25) is 0 Å². The molecule has 0 heterocycles. The molecule has 0 bridgehead atoms. The maximum atomic E-state index is 8.92. The van der Waals surface area contributed by atoms with Crippen molar-refractivity contribution in [2.75, 3.05) is 32.8 Å². The van der Waals surface area contributed by atoms with Gasteiger partial charge in [0.1, 0.15) is 0 Å². The predicted molar refractivity (Wildman–Crippen MR) is 71.5 cm³/mol. The van der Waals surface area contributed by atoms with Crippen LogP contribution in [0.15, 0.2) is 5.34 Å². The topological polar surface area (TPSA) is 72.7 Å². The molecular formula is C12H28N2O3. The highest BCUT2D eigenvalue weighted by Gasteiger charge is 2.23. The Labute approximate surface area is 105 Å². The van der Waals surface area contributed by atoms with E-state index < -0.39 is 0 Å². The Morgan fingerprint density at radius 2 is 1.35 bits per heavy atom. The summed E-state index contributed by atoms with van der Waals surface area (Å²) in [6, 6.07) is 0. The first-order valence-corrected chi connectivity index (χ1v) is 6.57. The van der Waals surface area contributed by atoms with Crippen molar-refractivity contribution in [2.24, 2.45) is 5.34 Å². The van der Waals surface area contributed by atoms with Crippen molar-refractivity contribution in [3.8, 4) is 0 Å². The second-order valence-corrected chi connectivity index (χ2v) is 4.39. The third kappa shape index (κ3) is 10.2. The first kappa shape index (κ1) is 18.7. The fourth-order valence-corrected chi connectivity index (χ4v) is 2.50. The summed E-state index contributed by atoms with van der Waals surface area (Å²) in [6.07, 6.45) is 4.72. The molecule has 0 aromatic carbocycles. The van der Waals surface area contributed by atoms with Crippen molar-refractivity contribution in [3.05, 3.63) is 10.1 Å². The van der Waals surface area contributed by atoms with Gasteiger partial charge in [0.25, 0.3) is 0 Å². The molecule has 0 aromatic rings. The largest absolute Gasteiger partial charge is 0.444 e. The van der Waals surface area contributed by atoms with Crippen LogP contribution < -0.4 is 0 Å². The van der Waals surface area contributed by atoms with E-state index in [1.54, 1.807) is 0 Å². The molecule has 1 N–H and O–H groups in total. The quantitative estimate of drug-likeness (QED) is 0.387. The van der Waals surface area contributed by atoms with Gasteiger partial charge < -0.3 is 19.7 Å². The molecule has 0 aliphatic rings. The van der Waals surface area contributed by atoms with Gasteiger partial charge in [-0.1, -0.05) is 20.8 Å². The van der Waals surface area contributed by atoms with E-state index in [1.165, 1.54) is 43.4 Å². The zero-order valence-electron chi connectivity index (χ0n) is 11.5. The second-order valence-electron chi connectivity index (χ2n) is 4.39. The van der Waals surface area contributed by atoms with E-state index in [9.17, 15) is 0 Å². The zero-order chi connectivity index (χ0) is 13.6. The number of aliphatic hydroxyl groups excluding tert-OH is 1. The molecule has 0 aliphatic heterocycles. The molecule has 0 spiro atoms. The Balaban J connectivity index is 0. The summed E-state index contributed by atoms with van der Waals surface area (Å²) in [7, 11) is 0. The molecule has 0 radical (unpaired) electrons. The molecule has 0 fully saturated rings. The summed E-state index contributed by atoms with van der Waals surface area (Å²) in [6.45, 7) is 12.1. The molecule has 0 amide bonds. The average molecular weight is 248 g/mol. The van der Waals surface area contributed by atoms with Gasteiger partial charge in [-0.2, -0.15) is 0 Å². The molecule has 0 unspecified atom stereocenters. The summed E-state index contributed by atoms with van der Waals surface area (Å²) >= 11 is 0. The third-order valence-corrected chi connectivity index (χ3v) is 2.88. The number of aliphatic hydroxyl groups is 1. The van der Waals surface area contributed by atoms with E-state index in [-0.39, 0.29) is 0 Å². The summed E-state index contributed by atoms with van der Waals surface area (Å²) in [4.78, 5) is 8.00. The van der Waals surface area contributed by atoms with Gasteiger partial charge in [-0.05, 0) is 19.3 Å². The fourth-order valence-electron chi connectivity index (χ4n) is 2.50. The Morgan fingerprint density at radius 3 is 1.59 bits per heavy atom. The molecule has 0 saturated carbocycles. The van der Waals surface area contributed by atoms with E-state index in [0.29, 0.717) is 6.61 Å². The van der Waals surface area contributed by atoms with Crippen LogP contribution >= 0.6 is 0 Å². The number of nitrogens with zero attached hydrogens (tertiary/aromatic N) is 2. The lowest BCUT2D eigenvalue weighted by atomic mass is 10.2. The Morgan fingerprint density at radius 1 is 1.00 bits per heavy atom. The molecule has 17 heavy (non-hydrogen) atoms. The SMILES string of the molecule is CCC[N+](CCC)(CCC)CCCO.O=N[O-]. The minimum Gasteiger partial charge on any atom is -0.444 e. The van der Waals surface area contributed by atoms with Crippen LogP contribution in [0.5, 0.6) is 0 Å². The van der Waals surface area contributed by atoms with Crippen LogP contribution in [0.4, 0.5) is 0 Å². The highest BCUT2D eigenvalue weighted by Crippen LogP contribution is 2.12. The van der Waals surface area contributed by atoms with Gasteiger partial charge in [0.15, 0.2) is 0 Å². The van der Waals surface area contributed by atoms with Crippen LogP contribution in [0.2, 0.25) is 0 Å². The summed E-state index contributed by atoms with van der Waals surface area (Å²) < 4.78 is 1.23. The molecule has 0 rings (SSSR count). The number of quaternary nitrogens is 1. The molecule has 0 aromatic heterocycles. The lowest BCUT2D eigenvalue weighted by Crippen LogP contribution is -2.50. The highest BCUT2D eigenvalue weighted by molar-refractivity contribution is 4.45. The minimum absolute atomic E-state index is 0.344. The second kappa shape index (κ2) is 13.4. The fraction of sp³-hybridized carbons (Fsp3) is 1.00. The lowest BCUT2D eigenvalue weighted by molar-refractivity contribution is -0.928. The van der Waals surface area contributed by atoms with Crippen molar-refractivity contribution >= 4 is 0 Å². The van der Waals surface area contributed by atoms with Gasteiger partial charge in [-0.15, -0.1) is 5.34 Å². The third-order valence-electron chi connectivity index (χ3n) is 2.88. The first-order valence-electron chi connectivity index (χ1n) is 6.57. The summed E-state index contributed by atoms with van der Waals surface area (Å²) in [5, 5.41) is 17.9. The van der Waals surface area contributed by atoms with Gasteiger partial charge in [0.2, 0.25) is 0 Å². The van der Waals surface area contributed by atoms with Crippen molar-refractivity contribution in [2.45, 2.75) is 46.5 Å². The van der Waals surface area contributed by atoms with Crippen LogP contribution in [0.25, 0.3) is 0 Å². The monoisotopic (exact) mass is 248 g/mol. The number of rotatable bonds is 9. The normalized spacial score (nSPS) is 10.6. The molecule has 0 saturated heterocycles.